The Morgan fingerprint density at radius 1 is 0.774 bits per heavy atom. The molecule has 1 heterocycles. The Labute approximate surface area is 174 Å². The van der Waals surface area contributed by atoms with Crippen molar-refractivity contribution in [2.24, 2.45) is 0 Å². The van der Waals surface area contributed by atoms with Crippen LogP contribution in [0.25, 0.3) is 5.57 Å². The minimum atomic E-state index is -4.55. The number of carbonyl (C=O) groups excluding carboxylic acids is 2. The van der Waals surface area contributed by atoms with Crippen LogP contribution in [0, 0.1) is 5.82 Å². The van der Waals surface area contributed by atoms with Crippen molar-refractivity contribution in [1.82, 2.24) is 0 Å². The second kappa shape index (κ2) is 7.71. The van der Waals surface area contributed by atoms with E-state index in [0.29, 0.717) is 5.56 Å². The molecule has 0 unspecified atom stereocenters. The molecular formula is C23H14F4N2O2. The number of nitrogens with one attached hydrogen (secondary N) is 1. The SMILES string of the molecule is O=C1C(Nc2cccc(F)c2)=C(c2ccccc2)C(=O)N1c1ccc(C(F)(F)F)cc1. The van der Waals surface area contributed by atoms with Crippen LogP contribution in [0.3, 0.4) is 0 Å². The molecule has 0 aliphatic carbocycles. The number of carbonyl (C=O) groups is 2. The van der Waals surface area contributed by atoms with Gasteiger partial charge >= 0.3 is 6.18 Å². The summed E-state index contributed by atoms with van der Waals surface area (Å²) in [6, 6.07) is 17.4. The molecule has 3 aromatic carbocycles. The maximum absolute atomic E-state index is 13.6. The van der Waals surface area contributed by atoms with E-state index in [-0.39, 0.29) is 22.6 Å². The average molecular weight is 426 g/mol. The van der Waals surface area contributed by atoms with Gasteiger partial charge in [0.25, 0.3) is 11.8 Å². The van der Waals surface area contributed by atoms with Crippen molar-refractivity contribution in [3.05, 3.63) is 102 Å². The molecule has 4 rings (SSSR count). The molecule has 4 nitrogen and oxygen atoms in total. The Morgan fingerprint density at radius 3 is 2.06 bits per heavy atom. The molecule has 8 heteroatoms. The molecule has 3 aromatic rings. The number of nitrogens with zero attached hydrogens (tertiary/aromatic N) is 1. The Hall–Kier alpha value is -3.94. The lowest BCUT2D eigenvalue weighted by molar-refractivity contribution is -0.137. The minimum absolute atomic E-state index is 0.00697. The summed E-state index contributed by atoms with van der Waals surface area (Å²) in [7, 11) is 0. The van der Waals surface area contributed by atoms with Gasteiger partial charge in [0.2, 0.25) is 0 Å². The molecule has 2 amide bonds. The van der Waals surface area contributed by atoms with Gasteiger partial charge in [0.1, 0.15) is 11.5 Å². The molecule has 1 aliphatic rings. The molecule has 31 heavy (non-hydrogen) atoms. The third-order valence-corrected chi connectivity index (χ3v) is 4.69. The maximum atomic E-state index is 13.6. The van der Waals surface area contributed by atoms with Gasteiger partial charge in [-0.05, 0) is 48.0 Å². The summed E-state index contributed by atoms with van der Waals surface area (Å²) in [5.74, 6) is -1.99. The van der Waals surface area contributed by atoms with Crippen molar-refractivity contribution in [3.8, 4) is 0 Å². The molecule has 0 spiro atoms. The van der Waals surface area contributed by atoms with E-state index in [4.69, 9.17) is 0 Å². The summed E-state index contributed by atoms with van der Waals surface area (Å²) < 4.78 is 52.2. The summed E-state index contributed by atoms with van der Waals surface area (Å²) in [5.41, 5.74) is -0.276. The maximum Gasteiger partial charge on any atom is 0.416 e. The molecule has 0 saturated carbocycles. The van der Waals surface area contributed by atoms with E-state index in [0.717, 1.165) is 35.2 Å². The van der Waals surface area contributed by atoms with Gasteiger partial charge in [0.05, 0.1) is 16.8 Å². The predicted octanol–water partition coefficient (Wildman–Crippen LogP) is 5.24. The minimum Gasteiger partial charge on any atom is -0.350 e. The largest absolute Gasteiger partial charge is 0.416 e. The van der Waals surface area contributed by atoms with Crippen LogP contribution in [0.15, 0.2) is 84.6 Å². The van der Waals surface area contributed by atoms with Crippen molar-refractivity contribution >= 4 is 28.8 Å². The Kier molecular flexibility index (Phi) is 5.06. The first-order valence-corrected chi connectivity index (χ1v) is 9.14. The van der Waals surface area contributed by atoms with E-state index in [9.17, 15) is 27.2 Å². The standard InChI is InChI=1S/C23H14F4N2O2/c24-16-7-4-8-17(13-16)28-20-19(14-5-2-1-3-6-14)21(30)29(22(20)31)18-11-9-15(10-12-18)23(25,26)27/h1-13,28H. The topological polar surface area (TPSA) is 49.4 Å². The lowest BCUT2D eigenvalue weighted by Gasteiger charge is -2.16. The van der Waals surface area contributed by atoms with E-state index in [1.165, 1.54) is 18.2 Å². The van der Waals surface area contributed by atoms with Gasteiger partial charge in [-0.1, -0.05) is 36.4 Å². The molecule has 0 radical (unpaired) electrons. The first-order valence-electron chi connectivity index (χ1n) is 9.14. The van der Waals surface area contributed by atoms with Crippen LogP contribution in [-0.4, -0.2) is 11.8 Å². The first-order chi connectivity index (χ1) is 14.8. The molecule has 0 fully saturated rings. The molecule has 1 N–H and O–H groups in total. The molecule has 0 atom stereocenters. The highest BCUT2D eigenvalue weighted by Crippen LogP contribution is 2.35. The number of anilines is 2. The number of benzene rings is 3. The Balaban J connectivity index is 1.77. The number of hydrogen-bond acceptors (Lipinski definition) is 3. The molecule has 0 bridgehead atoms. The summed E-state index contributed by atoms with van der Waals surface area (Å²) in [4.78, 5) is 27.1. The summed E-state index contributed by atoms with van der Waals surface area (Å²) in [6.07, 6.45) is -4.55. The van der Waals surface area contributed by atoms with E-state index in [1.807, 2.05) is 0 Å². The van der Waals surface area contributed by atoms with Crippen molar-refractivity contribution < 1.29 is 27.2 Å². The van der Waals surface area contributed by atoms with Crippen LogP contribution in [0.5, 0.6) is 0 Å². The third-order valence-electron chi connectivity index (χ3n) is 4.69. The molecule has 0 saturated heterocycles. The highest BCUT2D eigenvalue weighted by Gasteiger charge is 2.40. The van der Waals surface area contributed by atoms with Gasteiger partial charge in [-0.3, -0.25) is 9.59 Å². The van der Waals surface area contributed by atoms with Crippen molar-refractivity contribution in [3.63, 3.8) is 0 Å². The van der Waals surface area contributed by atoms with Gasteiger partial charge in [-0.15, -0.1) is 0 Å². The number of alkyl halides is 3. The number of hydrogen-bond donors (Lipinski definition) is 1. The lowest BCUT2D eigenvalue weighted by atomic mass is 10.0. The van der Waals surface area contributed by atoms with Crippen molar-refractivity contribution in [2.75, 3.05) is 10.2 Å². The van der Waals surface area contributed by atoms with Gasteiger partial charge in [-0.25, -0.2) is 9.29 Å². The predicted molar refractivity (Wildman–Crippen MR) is 107 cm³/mol. The zero-order chi connectivity index (χ0) is 22.2. The van der Waals surface area contributed by atoms with Crippen LogP contribution in [0.4, 0.5) is 28.9 Å². The molecule has 1 aliphatic heterocycles. The summed E-state index contributed by atoms with van der Waals surface area (Å²) in [5, 5.41) is 2.79. The zero-order valence-electron chi connectivity index (χ0n) is 15.8. The fourth-order valence-corrected chi connectivity index (χ4v) is 3.26. The Bertz CT molecular complexity index is 1190. The number of amides is 2. The van der Waals surface area contributed by atoms with E-state index in [2.05, 4.69) is 5.32 Å². The second-order valence-electron chi connectivity index (χ2n) is 6.74. The first kappa shape index (κ1) is 20.3. The van der Waals surface area contributed by atoms with E-state index >= 15 is 0 Å². The fourth-order valence-electron chi connectivity index (χ4n) is 3.26. The van der Waals surface area contributed by atoms with Crippen LogP contribution in [0.2, 0.25) is 0 Å². The van der Waals surface area contributed by atoms with Gasteiger partial charge in [0.15, 0.2) is 0 Å². The fraction of sp³-hybridized carbons (Fsp3) is 0.0435. The third kappa shape index (κ3) is 3.92. The van der Waals surface area contributed by atoms with Crippen molar-refractivity contribution in [2.45, 2.75) is 6.18 Å². The monoisotopic (exact) mass is 426 g/mol. The second-order valence-corrected chi connectivity index (χ2v) is 6.74. The zero-order valence-corrected chi connectivity index (χ0v) is 15.8. The lowest BCUT2D eigenvalue weighted by Crippen LogP contribution is -2.32. The molecule has 156 valence electrons. The summed E-state index contributed by atoms with van der Waals surface area (Å²) >= 11 is 0. The van der Waals surface area contributed by atoms with Gasteiger partial charge in [0, 0.05) is 5.69 Å². The number of rotatable bonds is 4. The molecular weight excluding hydrogens is 412 g/mol. The molecule has 0 aromatic heterocycles. The van der Waals surface area contributed by atoms with Gasteiger partial charge in [-0.2, -0.15) is 13.2 Å². The quantitative estimate of drug-likeness (QED) is 0.459. The van der Waals surface area contributed by atoms with Crippen LogP contribution in [-0.2, 0) is 15.8 Å². The number of halogens is 4. The smallest absolute Gasteiger partial charge is 0.350 e. The average Bonchev–Trinajstić information content (AvgIpc) is 2.98. The highest BCUT2D eigenvalue weighted by atomic mass is 19.4. The normalized spacial score (nSPS) is 14.4. The summed E-state index contributed by atoms with van der Waals surface area (Å²) in [6.45, 7) is 0. The van der Waals surface area contributed by atoms with Crippen LogP contribution < -0.4 is 10.2 Å². The number of imide groups is 1. The highest BCUT2D eigenvalue weighted by molar-refractivity contribution is 6.46. The van der Waals surface area contributed by atoms with Crippen LogP contribution >= 0.6 is 0 Å². The Morgan fingerprint density at radius 2 is 1.45 bits per heavy atom. The van der Waals surface area contributed by atoms with E-state index in [1.54, 1.807) is 30.3 Å². The van der Waals surface area contributed by atoms with Crippen molar-refractivity contribution in [1.29, 1.82) is 0 Å². The van der Waals surface area contributed by atoms with E-state index < -0.39 is 29.4 Å². The van der Waals surface area contributed by atoms with Crippen LogP contribution in [0.1, 0.15) is 11.1 Å². The van der Waals surface area contributed by atoms with Gasteiger partial charge < -0.3 is 5.32 Å².